The highest BCUT2D eigenvalue weighted by Crippen LogP contribution is 2.15. The molecule has 3 heteroatoms. The number of hydrogen-bond donors (Lipinski definition) is 0. The van der Waals surface area contributed by atoms with E-state index in [1.165, 1.54) is 25.5 Å². The van der Waals surface area contributed by atoms with Crippen molar-refractivity contribution in [3.8, 4) is 0 Å². The standard InChI is InChI=1S/C16H25NO2/c1-3-4-12-17(16-10-6-5-7-11-16)13-8-9-14-19-15(2)18/h5-7,10-11H,3-4,8-9,12-14H2,1-2H3. The highest BCUT2D eigenvalue weighted by atomic mass is 16.5. The lowest BCUT2D eigenvalue weighted by molar-refractivity contribution is -0.141. The Morgan fingerprint density at radius 1 is 1.11 bits per heavy atom. The number of nitrogens with zero attached hydrogens (tertiary/aromatic N) is 1. The van der Waals surface area contributed by atoms with Gasteiger partial charge in [-0.3, -0.25) is 4.79 Å². The average Bonchev–Trinajstić information content (AvgIpc) is 2.42. The number of ether oxygens (including phenoxy) is 1. The minimum Gasteiger partial charge on any atom is -0.466 e. The van der Waals surface area contributed by atoms with Gasteiger partial charge in [0.1, 0.15) is 0 Å². The van der Waals surface area contributed by atoms with E-state index in [4.69, 9.17) is 4.74 Å². The molecule has 0 aliphatic rings. The van der Waals surface area contributed by atoms with E-state index in [2.05, 4.69) is 36.1 Å². The van der Waals surface area contributed by atoms with E-state index in [0.717, 1.165) is 25.9 Å². The van der Waals surface area contributed by atoms with Crippen LogP contribution in [0.3, 0.4) is 0 Å². The molecule has 1 rings (SSSR count). The van der Waals surface area contributed by atoms with E-state index in [-0.39, 0.29) is 5.97 Å². The summed E-state index contributed by atoms with van der Waals surface area (Å²) in [6, 6.07) is 10.5. The van der Waals surface area contributed by atoms with Crippen LogP contribution in [-0.4, -0.2) is 25.7 Å². The van der Waals surface area contributed by atoms with Crippen LogP contribution in [0.5, 0.6) is 0 Å². The summed E-state index contributed by atoms with van der Waals surface area (Å²) in [7, 11) is 0. The monoisotopic (exact) mass is 263 g/mol. The number of para-hydroxylation sites is 1. The predicted octanol–water partition coefficient (Wildman–Crippen LogP) is 3.64. The second-order valence-corrected chi connectivity index (χ2v) is 4.72. The van der Waals surface area contributed by atoms with Crippen molar-refractivity contribution in [1.82, 2.24) is 0 Å². The molecule has 0 aliphatic heterocycles. The summed E-state index contributed by atoms with van der Waals surface area (Å²) in [5, 5.41) is 0. The molecule has 0 saturated heterocycles. The Hall–Kier alpha value is -1.51. The summed E-state index contributed by atoms with van der Waals surface area (Å²) >= 11 is 0. The van der Waals surface area contributed by atoms with Gasteiger partial charge in [0.25, 0.3) is 0 Å². The van der Waals surface area contributed by atoms with Gasteiger partial charge >= 0.3 is 5.97 Å². The van der Waals surface area contributed by atoms with Crippen LogP contribution in [-0.2, 0) is 9.53 Å². The van der Waals surface area contributed by atoms with Gasteiger partial charge in [-0.25, -0.2) is 0 Å². The quantitative estimate of drug-likeness (QED) is 0.503. The van der Waals surface area contributed by atoms with Crippen LogP contribution in [0.2, 0.25) is 0 Å². The molecule has 1 aromatic rings. The summed E-state index contributed by atoms with van der Waals surface area (Å²) in [6.45, 7) is 6.31. The second-order valence-electron chi connectivity index (χ2n) is 4.72. The van der Waals surface area contributed by atoms with Gasteiger partial charge < -0.3 is 9.64 Å². The Morgan fingerprint density at radius 3 is 2.42 bits per heavy atom. The molecule has 0 N–H and O–H groups in total. The number of anilines is 1. The Labute approximate surface area is 116 Å². The van der Waals surface area contributed by atoms with Gasteiger partial charge in [0.2, 0.25) is 0 Å². The molecule has 0 atom stereocenters. The lowest BCUT2D eigenvalue weighted by Gasteiger charge is -2.24. The largest absolute Gasteiger partial charge is 0.466 e. The molecule has 0 spiro atoms. The second kappa shape index (κ2) is 9.42. The number of hydrogen-bond acceptors (Lipinski definition) is 3. The van der Waals surface area contributed by atoms with Crippen LogP contribution in [0.15, 0.2) is 30.3 Å². The van der Waals surface area contributed by atoms with Gasteiger partial charge in [-0.05, 0) is 31.4 Å². The molecule has 1 aromatic carbocycles. The first kappa shape index (κ1) is 15.5. The molecule has 106 valence electrons. The average molecular weight is 263 g/mol. The topological polar surface area (TPSA) is 29.5 Å². The third-order valence-corrected chi connectivity index (χ3v) is 3.03. The predicted molar refractivity (Wildman–Crippen MR) is 79.4 cm³/mol. The third-order valence-electron chi connectivity index (χ3n) is 3.03. The first-order valence-electron chi connectivity index (χ1n) is 7.17. The van der Waals surface area contributed by atoms with Gasteiger partial charge in [0.05, 0.1) is 6.61 Å². The van der Waals surface area contributed by atoms with E-state index < -0.39 is 0 Å². The fraction of sp³-hybridized carbons (Fsp3) is 0.562. The van der Waals surface area contributed by atoms with Crippen molar-refractivity contribution in [2.24, 2.45) is 0 Å². The minimum absolute atomic E-state index is 0.189. The first-order valence-corrected chi connectivity index (χ1v) is 7.17. The van der Waals surface area contributed by atoms with Crippen molar-refractivity contribution >= 4 is 11.7 Å². The van der Waals surface area contributed by atoms with Crippen molar-refractivity contribution in [2.75, 3.05) is 24.6 Å². The fourth-order valence-electron chi connectivity index (χ4n) is 1.98. The highest BCUT2D eigenvalue weighted by molar-refractivity contribution is 5.65. The molecule has 0 aliphatic carbocycles. The lowest BCUT2D eigenvalue weighted by atomic mass is 10.2. The molecule has 0 unspecified atom stereocenters. The van der Waals surface area contributed by atoms with Crippen LogP contribution in [0.25, 0.3) is 0 Å². The van der Waals surface area contributed by atoms with Crippen LogP contribution in [0.1, 0.15) is 39.5 Å². The van der Waals surface area contributed by atoms with Gasteiger partial charge in [0.15, 0.2) is 0 Å². The smallest absolute Gasteiger partial charge is 0.302 e. The SMILES string of the molecule is CCCCN(CCCCOC(C)=O)c1ccccc1. The van der Waals surface area contributed by atoms with Crippen LogP contribution >= 0.6 is 0 Å². The third kappa shape index (κ3) is 6.85. The van der Waals surface area contributed by atoms with E-state index in [1.54, 1.807) is 0 Å². The van der Waals surface area contributed by atoms with Gasteiger partial charge in [-0.2, -0.15) is 0 Å². The van der Waals surface area contributed by atoms with Crippen LogP contribution in [0.4, 0.5) is 5.69 Å². The van der Waals surface area contributed by atoms with E-state index in [1.807, 2.05) is 6.07 Å². The maximum atomic E-state index is 10.7. The lowest BCUT2D eigenvalue weighted by Crippen LogP contribution is -2.25. The number of carbonyl (C=O) groups excluding carboxylic acids is 1. The number of rotatable bonds is 9. The van der Waals surface area contributed by atoms with E-state index in [0.29, 0.717) is 6.61 Å². The molecular weight excluding hydrogens is 238 g/mol. The first-order chi connectivity index (χ1) is 9.24. The molecule has 3 nitrogen and oxygen atoms in total. The minimum atomic E-state index is -0.189. The van der Waals surface area contributed by atoms with Crippen molar-refractivity contribution in [2.45, 2.75) is 39.5 Å². The van der Waals surface area contributed by atoms with E-state index >= 15 is 0 Å². The summed E-state index contributed by atoms with van der Waals surface area (Å²) in [4.78, 5) is 13.1. The van der Waals surface area contributed by atoms with Crippen LogP contribution < -0.4 is 4.90 Å². The normalized spacial score (nSPS) is 10.2. The molecule has 0 heterocycles. The summed E-state index contributed by atoms with van der Waals surface area (Å²) in [5.41, 5.74) is 1.28. The Kier molecular flexibility index (Phi) is 7.71. The highest BCUT2D eigenvalue weighted by Gasteiger charge is 2.05. The maximum Gasteiger partial charge on any atom is 0.302 e. The Balaban J connectivity index is 2.36. The zero-order valence-electron chi connectivity index (χ0n) is 12.1. The summed E-state index contributed by atoms with van der Waals surface area (Å²) in [6.07, 6.45) is 4.39. The summed E-state index contributed by atoms with van der Waals surface area (Å²) < 4.78 is 4.95. The summed E-state index contributed by atoms with van der Waals surface area (Å²) in [5.74, 6) is -0.189. The van der Waals surface area contributed by atoms with Crippen molar-refractivity contribution in [3.05, 3.63) is 30.3 Å². The van der Waals surface area contributed by atoms with Gasteiger partial charge in [-0.15, -0.1) is 0 Å². The van der Waals surface area contributed by atoms with Crippen LogP contribution in [0, 0.1) is 0 Å². The number of carbonyl (C=O) groups is 1. The fourth-order valence-corrected chi connectivity index (χ4v) is 1.98. The van der Waals surface area contributed by atoms with Crippen molar-refractivity contribution < 1.29 is 9.53 Å². The number of esters is 1. The van der Waals surface area contributed by atoms with Gasteiger partial charge in [-0.1, -0.05) is 31.5 Å². The Bertz CT molecular complexity index is 351. The molecule has 0 amide bonds. The molecular formula is C16H25NO2. The molecule has 0 aromatic heterocycles. The maximum absolute atomic E-state index is 10.7. The molecule has 0 bridgehead atoms. The van der Waals surface area contributed by atoms with Crippen molar-refractivity contribution in [1.29, 1.82) is 0 Å². The number of unbranched alkanes of at least 4 members (excludes halogenated alkanes) is 2. The van der Waals surface area contributed by atoms with E-state index in [9.17, 15) is 4.79 Å². The zero-order valence-corrected chi connectivity index (χ0v) is 12.1. The molecule has 0 fully saturated rings. The zero-order chi connectivity index (χ0) is 13.9. The number of benzene rings is 1. The van der Waals surface area contributed by atoms with Gasteiger partial charge in [0, 0.05) is 25.7 Å². The Morgan fingerprint density at radius 2 is 1.79 bits per heavy atom. The molecule has 0 saturated carbocycles. The van der Waals surface area contributed by atoms with Crippen molar-refractivity contribution in [3.63, 3.8) is 0 Å². The molecule has 0 radical (unpaired) electrons. The molecule has 19 heavy (non-hydrogen) atoms.